The number of halogens is 3. The van der Waals surface area contributed by atoms with Crippen molar-refractivity contribution < 1.29 is 32.2 Å². The molecule has 4 heterocycles. The summed E-state index contributed by atoms with van der Waals surface area (Å²) in [5.74, 6) is 0.258. The monoisotopic (exact) mass is 518 g/mol. The van der Waals surface area contributed by atoms with Crippen molar-refractivity contribution >= 4 is 11.6 Å². The molecule has 2 aliphatic heterocycles. The molecule has 1 aromatic carbocycles. The van der Waals surface area contributed by atoms with Gasteiger partial charge in [0, 0.05) is 23.6 Å². The lowest BCUT2D eigenvalue weighted by atomic mass is 9.84. The lowest BCUT2D eigenvalue weighted by molar-refractivity contribution is -0.142. The van der Waals surface area contributed by atoms with E-state index in [0.29, 0.717) is 27.6 Å². The zero-order chi connectivity index (χ0) is 26.2. The Labute approximate surface area is 212 Å². The minimum atomic E-state index is -4.73. The topological polar surface area (TPSA) is 78.2 Å². The van der Waals surface area contributed by atoms with Crippen LogP contribution in [0.5, 0.6) is 11.5 Å². The molecule has 8 nitrogen and oxygen atoms in total. The molecule has 37 heavy (non-hydrogen) atoms. The largest absolute Gasteiger partial charge is 0.493 e. The van der Waals surface area contributed by atoms with Gasteiger partial charge in [-0.3, -0.25) is 4.90 Å². The first-order valence-corrected chi connectivity index (χ1v) is 12.4. The third-order valence-electron chi connectivity index (χ3n) is 7.26. The van der Waals surface area contributed by atoms with Crippen LogP contribution in [0.15, 0.2) is 30.3 Å². The molecule has 11 heteroatoms. The molecule has 3 aromatic rings. The Morgan fingerprint density at radius 1 is 1.03 bits per heavy atom. The summed E-state index contributed by atoms with van der Waals surface area (Å²) in [6.07, 6.45) is 0.704. The second kappa shape index (κ2) is 10.2. The minimum Gasteiger partial charge on any atom is -0.493 e. The van der Waals surface area contributed by atoms with E-state index in [9.17, 15) is 18.0 Å². The Kier molecular flexibility index (Phi) is 6.98. The maximum atomic E-state index is 14.0. The van der Waals surface area contributed by atoms with Crippen LogP contribution in [-0.2, 0) is 10.9 Å². The van der Waals surface area contributed by atoms with Gasteiger partial charge in [-0.1, -0.05) is 6.42 Å². The molecule has 2 aromatic heterocycles. The number of hydrogen-bond acceptors (Lipinski definition) is 7. The fraction of sp³-hybridized carbons (Fsp3) is 0.500. The van der Waals surface area contributed by atoms with Gasteiger partial charge >= 0.3 is 12.1 Å². The van der Waals surface area contributed by atoms with Crippen molar-refractivity contribution in [3.63, 3.8) is 0 Å². The van der Waals surface area contributed by atoms with Crippen LogP contribution in [0.25, 0.3) is 16.9 Å². The SMILES string of the molecule is COc1ccc(-c2cc(C(F)(F)F)n3nc(C(=O)OC[C@H]4CCCN5CCCC[C@H]45)cc3n2)cc1OC. The predicted octanol–water partition coefficient (Wildman–Crippen LogP) is 4.85. The highest BCUT2D eigenvalue weighted by atomic mass is 19.4. The van der Waals surface area contributed by atoms with Crippen LogP contribution in [0, 0.1) is 5.92 Å². The van der Waals surface area contributed by atoms with Gasteiger partial charge in [-0.25, -0.2) is 14.3 Å². The van der Waals surface area contributed by atoms with Gasteiger partial charge in [-0.2, -0.15) is 18.3 Å². The van der Waals surface area contributed by atoms with E-state index in [-0.39, 0.29) is 29.6 Å². The highest BCUT2D eigenvalue weighted by Gasteiger charge is 2.37. The standard InChI is InChI=1S/C26H29F3N4O4/c1-35-21-9-8-16(12-22(21)36-2)18-13-23(26(27,28)29)33-24(30-18)14-19(31-33)25(34)37-15-17-6-5-11-32-10-4-3-7-20(17)32/h8-9,12-14,17,20H,3-7,10-11,15H2,1-2H3/t17-,20-/m1/s1. The third-order valence-corrected chi connectivity index (χ3v) is 7.26. The number of ether oxygens (including phenoxy) is 3. The number of carbonyl (C=O) groups excluding carboxylic acids is 1. The summed E-state index contributed by atoms with van der Waals surface area (Å²) < 4.78 is 58.6. The number of aromatic nitrogens is 3. The van der Waals surface area contributed by atoms with Crippen LogP contribution in [0.4, 0.5) is 13.2 Å². The molecule has 2 atom stereocenters. The summed E-state index contributed by atoms with van der Waals surface area (Å²) in [6, 6.07) is 7.24. The number of esters is 1. The Morgan fingerprint density at radius 2 is 1.81 bits per heavy atom. The average molecular weight is 519 g/mol. The van der Waals surface area contributed by atoms with Crippen molar-refractivity contribution in [1.82, 2.24) is 19.5 Å². The molecule has 2 fully saturated rings. The molecule has 5 rings (SSSR count). The van der Waals surface area contributed by atoms with E-state index in [4.69, 9.17) is 14.2 Å². The quantitative estimate of drug-likeness (QED) is 0.432. The third kappa shape index (κ3) is 5.09. The summed E-state index contributed by atoms with van der Waals surface area (Å²) in [4.78, 5) is 19.6. The molecular weight excluding hydrogens is 489 g/mol. The first-order valence-electron chi connectivity index (χ1n) is 12.4. The summed E-state index contributed by atoms with van der Waals surface area (Å²) in [7, 11) is 2.91. The van der Waals surface area contributed by atoms with Crippen LogP contribution >= 0.6 is 0 Å². The molecule has 198 valence electrons. The molecular formula is C26H29F3N4O4. The molecule has 0 aliphatic carbocycles. The van der Waals surface area contributed by atoms with Crippen molar-refractivity contribution in [3.05, 3.63) is 41.7 Å². The van der Waals surface area contributed by atoms with E-state index < -0.39 is 17.8 Å². The zero-order valence-electron chi connectivity index (χ0n) is 20.8. The Bertz CT molecular complexity index is 1290. The summed E-state index contributed by atoms with van der Waals surface area (Å²) in [5.41, 5.74) is -0.918. The Balaban J connectivity index is 1.42. The van der Waals surface area contributed by atoms with Crippen molar-refractivity contribution in [2.75, 3.05) is 33.9 Å². The normalized spacial score (nSPS) is 20.5. The van der Waals surface area contributed by atoms with Crippen molar-refractivity contribution in [1.29, 1.82) is 0 Å². The van der Waals surface area contributed by atoms with Crippen LogP contribution in [0.1, 0.15) is 48.3 Å². The van der Waals surface area contributed by atoms with Gasteiger partial charge in [-0.05, 0) is 63.0 Å². The fourth-order valence-electron chi connectivity index (χ4n) is 5.45. The second-order valence-corrected chi connectivity index (χ2v) is 9.49. The van der Waals surface area contributed by atoms with E-state index >= 15 is 0 Å². The molecule has 0 radical (unpaired) electrons. The first-order chi connectivity index (χ1) is 17.8. The van der Waals surface area contributed by atoms with Gasteiger partial charge in [0.25, 0.3) is 0 Å². The highest BCUT2D eigenvalue weighted by Crippen LogP contribution is 2.36. The number of hydrogen-bond donors (Lipinski definition) is 0. The zero-order valence-corrected chi connectivity index (χ0v) is 20.8. The highest BCUT2D eigenvalue weighted by molar-refractivity contribution is 5.88. The lowest BCUT2D eigenvalue weighted by Crippen LogP contribution is -2.49. The minimum absolute atomic E-state index is 0.0557. The van der Waals surface area contributed by atoms with Gasteiger partial charge < -0.3 is 14.2 Å². The number of piperidine rings is 2. The number of rotatable bonds is 6. The van der Waals surface area contributed by atoms with Crippen molar-refractivity contribution in [3.8, 4) is 22.8 Å². The Hall–Kier alpha value is -3.34. The van der Waals surface area contributed by atoms with E-state index in [1.807, 2.05) is 0 Å². The van der Waals surface area contributed by atoms with Crippen LogP contribution in [0.2, 0.25) is 0 Å². The molecule has 0 bridgehead atoms. The smallest absolute Gasteiger partial charge is 0.433 e. The van der Waals surface area contributed by atoms with E-state index in [1.54, 1.807) is 18.2 Å². The molecule has 0 amide bonds. The summed E-state index contributed by atoms with van der Waals surface area (Å²) >= 11 is 0. The predicted molar refractivity (Wildman–Crippen MR) is 129 cm³/mol. The van der Waals surface area contributed by atoms with E-state index in [1.165, 1.54) is 26.7 Å². The van der Waals surface area contributed by atoms with Gasteiger partial charge in [0.1, 0.15) is 0 Å². The second-order valence-electron chi connectivity index (χ2n) is 9.49. The number of alkyl halides is 3. The van der Waals surface area contributed by atoms with Gasteiger partial charge in [-0.15, -0.1) is 0 Å². The van der Waals surface area contributed by atoms with Crippen LogP contribution in [0.3, 0.4) is 0 Å². The Morgan fingerprint density at radius 3 is 2.57 bits per heavy atom. The fourth-order valence-corrected chi connectivity index (χ4v) is 5.45. The summed E-state index contributed by atoms with van der Waals surface area (Å²) in [5, 5.41) is 3.92. The maximum absolute atomic E-state index is 14.0. The molecule has 0 N–H and O–H groups in total. The maximum Gasteiger partial charge on any atom is 0.433 e. The van der Waals surface area contributed by atoms with Gasteiger partial charge in [0.15, 0.2) is 28.5 Å². The molecule has 0 spiro atoms. The number of fused-ring (bicyclic) bond motifs is 2. The van der Waals surface area contributed by atoms with Crippen LogP contribution in [-0.4, -0.2) is 65.4 Å². The summed E-state index contributed by atoms with van der Waals surface area (Å²) in [6.45, 7) is 2.36. The molecule has 2 saturated heterocycles. The van der Waals surface area contributed by atoms with Crippen molar-refractivity contribution in [2.24, 2.45) is 5.92 Å². The molecule has 0 unspecified atom stereocenters. The average Bonchev–Trinajstić information content (AvgIpc) is 3.34. The number of carbonyl (C=O) groups is 1. The van der Waals surface area contributed by atoms with E-state index in [2.05, 4.69) is 15.0 Å². The van der Waals surface area contributed by atoms with Crippen molar-refractivity contribution in [2.45, 2.75) is 44.3 Å². The molecule has 2 aliphatic rings. The number of methoxy groups -OCH3 is 2. The van der Waals surface area contributed by atoms with Gasteiger partial charge in [0.05, 0.1) is 26.5 Å². The van der Waals surface area contributed by atoms with Crippen LogP contribution < -0.4 is 9.47 Å². The lowest BCUT2D eigenvalue weighted by Gasteiger charge is -2.44. The van der Waals surface area contributed by atoms with E-state index in [0.717, 1.165) is 44.8 Å². The first kappa shape index (κ1) is 25.3. The molecule has 0 saturated carbocycles. The number of nitrogens with zero attached hydrogens (tertiary/aromatic N) is 4. The number of benzene rings is 1. The van der Waals surface area contributed by atoms with Gasteiger partial charge in [0.2, 0.25) is 0 Å².